The van der Waals surface area contributed by atoms with Gasteiger partial charge in [-0.15, -0.1) is 0 Å². The van der Waals surface area contributed by atoms with Gasteiger partial charge in [0, 0.05) is 36.2 Å². The van der Waals surface area contributed by atoms with E-state index in [-0.39, 0.29) is 0 Å². The fourth-order valence-corrected chi connectivity index (χ4v) is 5.90. The summed E-state index contributed by atoms with van der Waals surface area (Å²) in [6, 6.07) is 4.78. The van der Waals surface area contributed by atoms with E-state index >= 15 is 0 Å². The number of aromatic nitrogens is 4. The van der Waals surface area contributed by atoms with Gasteiger partial charge in [-0.2, -0.15) is 5.10 Å². The summed E-state index contributed by atoms with van der Waals surface area (Å²) >= 11 is 13.1. The van der Waals surface area contributed by atoms with Gasteiger partial charge in [0.25, 0.3) is 0 Å². The van der Waals surface area contributed by atoms with E-state index in [0.29, 0.717) is 34.2 Å². The van der Waals surface area contributed by atoms with Crippen LogP contribution in [-0.4, -0.2) is 57.0 Å². The Hall–Kier alpha value is -1.93. The third-order valence-corrected chi connectivity index (χ3v) is 7.89. The number of nitrogens with zero attached hydrogens (tertiary/aromatic N) is 5. The molecule has 0 amide bonds. The molecule has 32 heavy (non-hydrogen) atoms. The van der Waals surface area contributed by atoms with Crippen LogP contribution in [0.4, 0.5) is 11.6 Å². The van der Waals surface area contributed by atoms with E-state index in [1.54, 1.807) is 17.1 Å². The molecule has 1 N–H and O–H groups in total. The third kappa shape index (κ3) is 3.46. The zero-order valence-electron chi connectivity index (χ0n) is 18.0. The number of hydrogen-bond acceptors (Lipinski definition) is 6. The van der Waals surface area contributed by atoms with Gasteiger partial charge in [-0.25, -0.2) is 9.97 Å². The maximum Gasteiger partial charge on any atom is 0.227 e. The molecule has 168 valence electrons. The summed E-state index contributed by atoms with van der Waals surface area (Å²) in [5.74, 6) is 1.01. The topological polar surface area (TPSA) is 68.1 Å². The molecule has 2 aromatic heterocycles. The van der Waals surface area contributed by atoms with Gasteiger partial charge in [0.1, 0.15) is 0 Å². The van der Waals surface area contributed by atoms with Crippen LogP contribution in [0.2, 0.25) is 10.2 Å². The minimum atomic E-state index is 0.478. The quantitative estimate of drug-likeness (QED) is 0.551. The number of rotatable bonds is 6. The highest BCUT2D eigenvalue weighted by atomic mass is 35.5. The lowest BCUT2D eigenvalue weighted by Gasteiger charge is -2.62. The van der Waals surface area contributed by atoms with Gasteiger partial charge >= 0.3 is 0 Å². The Bertz CT molecular complexity index is 1160. The monoisotopic (exact) mass is 472 g/mol. The van der Waals surface area contributed by atoms with E-state index < -0.39 is 0 Å². The first-order valence-corrected chi connectivity index (χ1v) is 12.1. The lowest BCUT2D eigenvalue weighted by molar-refractivity contribution is -0.158. The van der Waals surface area contributed by atoms with E-state index in [1.165, 1.54) is 31.5 Å². The fraction of sp³-hybridized carbons (Fsp3) is 0.522. The van der Waals surface area contributed by atoms with Crippen LogP contribution in [0.5, 0.6) is 0 Å². The molecule has 3 aromatic rings. The van der Waals surface area contributed by atoms with Crippen LogP contribution in [-0.2, 0) is 11.3 Å². The predicted molar refractivity (Wildman–Crippen MR) is 126 cm³/mol. The maximum atomic E-state index is 6.67. The standard InChI is InChI=1S/C23H26Cl2N6O/c1-2-3-31-21(25)20(9-27-31)29-22-26-8-14-4-18(24)17(5-19(14)28-22)15-6-23(7-15)12-30(13-23)16-10-32-11-16/h4-5,8-9,15-16H,2-3,6-7,10-13H2,1H3,(H,26,28,29). The van der Waals surface area contributed by atoms with Gasteiger partial charge in [-0.1, -0.05) is 30.1 Å². The van der Waals surface area contributed by atoms with Crippen LogP contribution in [0.1, 0.15) is 37.7 Å². The Balaban J connectivity index is 1.18. The van der Waals surface area contributed by atoms with Crippen molar-refractivity contribution in [1.29, 1.82) is 0 Å². The first-order chi connectivity index (χ1) is 15.5. The molecule has 1 spiro atoms. The van der Waals surface area contributed by atoms with Gasteiger partial charge < -0.3 is 10.1 Å². The fourth-order valence-electron chi connectivity index (χ4n) is 5.35. The van der Waals surface area contributed by atoms with Gasteiger partial charge in [-0.3, -0.25) is 9.58 Å². The van der Waals surface area contributed by atoms with Crippen LogP contribution in [0, 0.1) is 5.41 Å². The molecule has 9 heteroatoms. The van der Waals surface area contributed by atoms with Crippen molar-refractivity contribution in [2.24, 2.45) is 5.41 Å². The summed E-state index contributed by atoms with van der Waals surface area (Å²) in [7, 11) is 0. The molecule has 1 aromatic carbocycles. The molecule has 0 atom stereocenters. The van der Waals surface area contributed by atoms with Gasteiger partial charge in [0.15, 0.2) is 5.15 Å². The molecular weight excluding hydrogens is 447 g/mol. The lowest BCUT2D eigenvalue weighted by Crippen LogP contribution is -2.67. The number of ether oxygens (including phenoxy) is 1. The molecule has 3 fully saturated rings. The largest absolute Gasteiger partial charge is 0.378 e. The molecule has 0 bridgehead atoms. The molecule has 0 radical (unpaired) electrons. The van der Waals surface area contributed by atoms with Crippen molar-refractivity contribution in [2.75, 3.05) is 31.6 Å². The highest BCUT2D eigenvalue weighted by molar-refractivity contribution is 6.32. The highest BCUT2D eigenvalue weighted by Crippen LogP contribution is 2.57. The molecule has 1 aliphatic carbocycles. The van der Waals surface area contributed by atoms with E-state index in [9.17, 15) is 0 Å². The summed E-state index contributed by atoms with van der Waals surface area (Å²) in [5.41, 5.74) is 3.28. The molecule has 0 unspecified atom stereocenters. The Morgan fingerprint density at radius 2 is 2.00 bits per heavy atom. The molecule has 4 heterocycles. The molecule has 2 saturated heterocycles. The number of fused-ring (bicyclic) bond motifs is 1. The SMILES string of the molecule is CCCn1ncc(Nc2ncc3cc(Cl)c(C4CC5(C4)CN(C4COC4)C5)cc3n2)c1Cl. The Morgan fingerprint density at radius 1 is 1.19 bits per heavy atom. The summed E-state index contributed by atoms with van der Waals surface area (Å²) in [6.45, 7) is 7.06. The molecular formula is C23H26Cl2N6O. The second kappa shape index (κ2) is 7.83. The van der Waals surface area contributed by atoms with E-state index in [4.69, 9.17) is 32.9 Å². The zero-order chi connectivity index (χ0) is 21.9. The van der Waals surface area contributed by atoms with Crippen molar-refractivity contribution in [1.82, 2.24) is 24.6 Å². The minimum absolute atomic E-state index is 0.478. The minimum Gasteiger partial charge on any atom is -0.378 e. The van der Waals surface area contributed by atoms with Crippen LogP contribution < -0.4 is 5.32 Å². The van der Waals surface area contributed by atoms with Crippen molar-refractivity contribution in [2.45, 2.75) is 44.7 Å². The van der Waals surface area contributed by atoms with Crippen LogP contribution >= 0.6 is 23.2 Å². The summed E-state index contributed by atoms with van der Waals surface area (Å²) in [6.07, 6.45) is 6.88. The van der Waals surface area contributed by atoms with Gasteiger partial charge in [0.2, 0.25) is 5.95 Å². The predicted octanol–water partition coefficient (Wildman–Crippen LogP) is 4.86. The van der Waals surface area contributed by atoms with Crippen LogP contribution in [0.15, 0.2) is 24.5 Å². The summed E-state index contributed by atoms with van der Waals surface area (Å²) in [5, 5.41) is 9.84. The molecule has 6 rings (SSSR count). The highest BCUT2D eigenvalue weighted by Gasteiger charge is 2.54. The van der Waals surface area contributed by atoms with Crippen molar-refractivity contribution in [3.05, 3.63) is 40.3 Å². The van der Waals surface area contributed by atoms with Gasteiger partial charge in [-0.05, 0) is 48.3 Å². The number of likely N-dealkylation sites (tertiary alicyclic amines) is 1. The summed E-state index contributed by atoms with van der Waals surface area (Å²) in [4.78, 5) is 11.7. The smallest absolute Gasteiger partial charge is 0.227 e. The second-order valence-electron chi connectivity index (χ2n) is 9.52. The van der Waals surface area contributed by atoms with Crippen molar-refractivity contribution < 1.29 is 4.74 Å². The number of aryl methyl sites for hydroxylation is 1. The first kappa shape index (κ1) is 20.7. The molecule has 2 aliphatic heterocycles. The van der Waals surface area contributed by atoms with E-state index in [1.807, 2.05) is 6.07 Å². The van der Waals surface area contributed by atoms with E-state index in [0.717, 1.165) is 42.1 Å². The third-order valence-electron chi connectivity index (χ3n) is 7.17. The molecule has 1 saturated carbocycles. The van der Waals surface area contributed by atoms with Crippen molar-refractivity contribution in [3.8, 4) is 0 Å². The number of halogens is 2. The van der Waals surface area contributed by atoms with Gasteiger partial charge in [0.05, 0.1) is 36.7 Å². The average Bonchev–Trinajstić information content (AvgIpc) is 3.01. The zero-order valence-corrected chi connectivity index (χ0v) is 19.5. The number of anilines is 2. The Kier molecular flexibility index (Phi) is 5.06. The van der Waals surface area contributed by atoms with Crippen molar-refractivity contribution in [3.63, 3.8) is 0 Å². The number of hydrogen-bond donors (Lipinski definition) is 1. The second-order valence-corrected chi connectivity index (χ2v) is 10.3. The summed E-state index contributed by atoms with van der Waals surface area (Å²) < 4.78 is 7.11. The molecule has 3 aliphatic rings. The van der Waals surface area contributed by atoms with Crippen LogP contribution in [0.25, 0.3) is 10.9 Å². The first-order valence-electron chi connectivity index (χ1n) is 11.3. The maximum absolute atomic E-state index is 6.67. The number of nitrogens with one attached hydrogen (secondary N) is 1. The average molecular weight is 473 g/mol. The normalized spacial score (nSPS) is 20.8. The number of benzene rings is 1. The van der Waals surface area contributed by atoms with Crippen molar-refractivity contribution >= 4 is 45.7 Å². The van der Waals surface area contributed by atoms with E-state index in [2.05, 4.69) is 33.3 Å². The Labute approximate surface area is 197 Å². The lowest BCUT2D eigenvalue weighted by atomic mass is 9.56. The van der Waals surface area contributed by atoms with Crippen LogP contribution in [0.3, 0.4) is 0 Å². The Morgan fingerprint density at radius 3 is 2.72 bits per heavy atom. The molecule has 7 nitrogen and oxygen atoms in total.